The number of rotatable bonds is 7. The summed E-state index contributed by atoms with van der Waals surface area (Å²) in [6.45, 7) is 2.13. The van der Waals surface area contributed by atoms with E-state index in [0.29, 0.717) is 34.5 Å². The Kier molecular flexibility index (Phi) is 6.42. The van der Waals surface area contributed by atoms with E-state index < -0.39 is 11.8 Å². The lowest BCUT2D eigenvalue weighted by atomic mass is 9.98. The van der Waals surface area contributed by atoms with Crippen molar-refractivity contribution in [2.24, 2.45) is 0 Å². The molecule has 0 bridgehead atoms. The third kappa shape index (κ3) is 4.39. The molecule has 4 aromatic rings. The summed E-state index contributed by atoms with van der Waals surface area (Å²) in [6.07, 6.45) is 0. The van der Waals surface area contributed by atoms with E-state index in [2.05, 4.69) is 11.1 Å². The quantitative estimate of drug-likeness (QED) is 0.396. The van der Waals surface area contributed by atoms with Crippen LogP contribution in [0, 0.1) is 17.1 Å². The van der Waals surface area contributed by atoms with Gasteiger partial charge in [0.2, 0.25) is 0 Å². The number of ether oxygens (including phenoxy) is 1. The summed E-state index contributed by atoms with van der Waals surface area (Å²) in [5.74, 6) is -0.779. The number of nitrogens with zero attached hydrogens (tertiary/aromatic N) is 3. The van der Waals surface area contributed by atoms with Gasteiger partial charge in [-0.3, -0.25) is 4.79 Å². The second kappa shape index (κ2) is 9.59. The fourth-order valence-corrected chi connectivity index (χ4v) is 4.01. The van der Waals surface area contributed by atoms with Gasteiger partial charge in [-0.05, 0) is 36.8 Å². The van der Waals surface area contributed by atoms with Crippen molar-refractivity contribution < 1.29 is 19.0 Å². The van der Waals surface area contributed by atoms with Crippen molar-refractivity contribution in [1.82, 2.24) is 4.98 Å². The van der Waals surface area contributed by atoms with Gasteiger partial charge in [-0.25, -0.2) is 9.37 Å². The summed E-state index contributed by atoms with van der Waals surface area (Å²) in [6, 6.07) is 21.6. The lowest BCUT2D eigenvalue weighted by Gasteiger charge is -2.22. The van der Waals surface area contributed by atoms with Gasteiger partial charge in [-0.2, -0.15) is 5.26 Å². The topological polar surface area (TPSA) is 86.4 Å². The third-order valence-electron chi connectivity index (χ3n) is 5.44. The Balaban J connectivity index is 1.87. The van der Waals surface area contributed by atoms with Gasteiger partial charge in [0, 0.05) is 23.6 Å². The van der Waals surface area contributed by atoms with E-state index in [0.717, 1.165) is 16.9 Å². The molecule has 0 aliphatic heterocycles. The number of aromatic nitrogens is 1. The minimum Gasteiger partial charge on any atom is -0.493 e. The number of pyridine rings is 1. The average Bonchev–Trinajstić information content (AvgIpc) is 2.83. The van der Waals surface area contributed by atoms with Gasteiger partial charge in [0.1, 0.15) is 29.7 Å². The van der Waals surface area contributed by atoms with E-state index in [4.69, 9.17) is 4.74 Å². The Hall–Kier alpha value is -4.44. The second-order valence-electron chi connectivity index (χ2n) is 7.71. The summed E-state index contributed by atoms with van der Waals surface area (Å²) >= 11 is 0. The van der Waals surface area contributed by atoms with Gasteiger partial charge in [0.25, 0.3) is 0 Å². The van der Waals surface area contributed by atoms with Crippen molar-refractivity contribution in [3.05, 3.63) is 78.1 Å². The van der Waals surface area contributed by atoms with Gasteiger partial charge in [-0.1, -0.05) is 42.5 Å². The van der Waals surface area contributed by atoms with Crippen LogP contribution in [0.25, 0.3) is 33.3 Å². The molecule has 3 aromatic carbocycles. The summed E-state index contributed by atoms with van der Waals surface area (Å²) in [5, 5.41) is 19.7. The summed E-state index contributed by atoms with van der Waals surface area (Å²) < 4.78 is 19.8. The van der Waals surface area contributed by atoms with E-state index >= 15 is 0 Å². The van der Waals surface area contributed by atoms with Crippen molar-refractivity contribution >= 4 is 22.6 Å². The maximum Gasteiger partial charge on any atom is 0.323 e. The Morgan fingerprint density at radius 1 is 1.12 bits per heavy atom. The van der Waals surface area contributed by atoms with Crippen LogP contribution in [0.2, 0.25) is 0 Å². The number of fused-ring (bicyclic) bond motifs is 1. The van der Waals surface area contributed by atoms with Crippen molar-refractivity contribution in [1.29, 1.82) is 5.26 Å². The van der Waals surface area contributed by atoms with Crippen molar-refractivity contribution in [2.75, 3.05) is 25.1 Å². The molecule has 7 heteroatoms. The first-order valence-electron chi connectivity index (χ1n) is 10.7. The molecule has 4 rings (SSSR count). The number of nitriles is 1. The number of hydrogen-bond acceptors (Lipinski definition) is 5. The van der Waals surface area contributed by atoms with Gasteiger partial charge in [0.15, 0.2) is 0 Å². The Morgan fingerprint density at radius 2 is 1.82 bits per heavy atom. The van der Waals surface area contributed by atoms with E-state index in [1.165, 1.54) is 23.1 Å². The largest absolute Gasteiger partial charge is 0.493 e. The number of benzene rings is 3. The fourth-order valence-electron chi connectivity index (χ4n) is 4.01. The zero-order valence-electron chi connectivity index (χ0n) is 18.7. The maximum absolute atomic E-state index is 14.0. The highest BCUT2D eigenvalue weighted by Crippen LogP contribution is 2.37. The minimum atomic E-state index is -1.06. The highest BCUT2D eigenvalue weighted by Gasteiger charge is 2.21. The lowest BCUT2D eigenvalue weighted by Crippen LogP contribution is -2.26. The molecular formula is C27H22FN3O3. The molecule has 0 saturated carbocycles. The number of hydrogen-bond donors (Lipinski definition) is 1. The summed E-state index contributed by atoms with van der Waals surface area (Å²) in [4.78, 5) is 17.4. The molecule has 1 heterocycles. The molecule has 6 nitrogen and oxygen atoms in total. The number of carboxylic acid groups (broad SMARTS) is 1. The average molecular weight is 455 g/mol. The van der Waals surface area contributed by atoms with E-state index in [1.54, 1.807) is 7.05 Å². The van der Waals surface area contributed by atoms with E-state index in [1.807, 2.05) is 55.5 Å². The number of halogens is 1. The predicted molar refractivity (Wildman–Crippen MR) is 129 cm³/mol. The number of para-hydroxylation sites is 1. The molecule has 0 spiro atoms. The molecule has 0 radical (unpaired) electrons. The molecule has 170 valence electrons. The van der Waals surface area contributed by atoms with Gasteiger partial charge in [-0.15, -0.1) is 0 Å². The molecule has 0 atom stereocenters. The zero-order chi connectivity index (χ0) is 24.2. The van der Waals surface area contributed by atoms with Crippen LogP contribution in [-0.2, 0) is 4.79 Å². The Labute approximate surface area is 196 Å². The normalized spacial score (nSPS) is 10.6. The van der Waals surface area contributed by atoms with E-state index in [9.17, 15) is 19.6 Å². The second-order valence-corrected chi connectivity index (χ2v) is 7.71. The monoisotopic (exact) mass is 455 g/mol. The van der Waals surface area contributed by atoms with Crippen LogP contribution in [0.3, 0.4) is 0 Å². The molecule has 0 saturated heterocycles. The molecule has 0 unspecified atom stereocenters. The molecule has 34 heavy (non-hydrogen) atoms. The van der Waals surface area contributed by atoms with Crippen molar-refractivity contribution in [3.63, 3.8) is 0 Å². The van der Waals surface area contributed by atoms with Crippen LogP contribution in [-0.4, -0.2) is 36.3 Å². The smallest absolute Gasteiger partial charge is 0.323 e. The summed E-state index contributed by atoms with van der Waals surface area (Å²) in [5.41, 5.74) is 3.95. The van der Waals surface area contributed by atoms with Crippen LogP contribution in [0.15, 0.2) is 66.7 Å². The first kappa shape index (κ1) is 22.7. The fraction of sp³-hybridized carbons (Fsp3) is 0.148. The molecule has 0 fully saturated rings. The van der Waals surface area contributed by atoms with Crippen LogP contribution in [0.1, 0.15) is 12.5 Å². The molecule has 1 aromatic heterocycles. The van der Waals surface area contributed by atoms with E-state index in [-0.39, 0.29) is 12.1 Å². The van der Waals surface area contributed by atoms with Crippen molar-refractivity contribution in [3.8, 4) is 34.2 Å². The zero-order valence-corrected chi connectivity index (χ0v) is 18.7. The van der Waals surface area contributed by atoms with Crippen LogP contribution >= 0.6 is 0 Å². The number of likely N-dealkylation sites (N-methyl/N-ethyl adjacent to an activating group) is 1. The highest BCUT2D eigenvalue weighted by atomic mass is 19.1. The Bertz CT molecular complexity index is 1410. The van der Waals surface area contributed by atoms with Crippen LogP contribution < -0.4 is 9.64 Å². The van der Waals surface area contributed by atoms with Gasteiger partial charge in [0.05, 0.1) is 23.5 Å². The molecule has 0 aliphatic rings. The standard InChI is InChI=1S/C27H22FN3O3/c1-3-34-24-7-5-4-6-20(24)17-8-10-18(11-9-17)26-22(15-29)27(31(2)16-25(32)33)21-14-19(28)12-13-23(21)30-26/h4-14H,3,16H2,1-2H3,(H,32,33). The Morgan fingerprint density at radius 3 is 2.50 bits per heavy atom. The first-order valence-corrected chi connectivity index (χ1v) is 10.7. The minimum absolute atomic E-state index is 0.185. The van der Waals surface area contributed by atoms with Crippen LogP contribution in [0.5, 0.6) is 5.75 Å². The molecule has 0 amide bonds. The molecule has 0 aliphatic carbocycles. The number of carboxylic acids is 1. The molecular weight excluding hydrogens is 433 g/mol. The van der Waals surface area contributed by atoms with Gasteiger partial charge < -0.3 is 14.7 Å². The van der Waals surface area contributed by atoms with Crippen LogP contribution in [0.4, 0.5) is 10.1 Å². The third-order valence-corrected chi connectivity index (χ3v) is 5.44. The summed E-state index contributed by atoms with van der Waals surface area (Å²) in [7, 11) is 1.56. The first-order chi connectivity index (χ1) is 16.4. The number of carbonyl (C=O) groups is 1. The SMILES string of the molecule is CCOc1ccccc1-c1ccc(-c2nc3ccc(F)cc3c(N(C)CC(=O)O)c2C#N)cc1. The maximum atomic E-state index is 14.0. The predicted octanol–water partition coefficient (Wildman–Crippen LogP) is 5.50. The van der Waals surface area contributed by atoms with Crippen molar-refractivity contribution in [2.45, 2.75) is 6.92 Å². The lowest BCUT2D eigenvalue weighted by molar-refractivity contribution is -0.135. The molecule has 1 N–H and O–H groups in total. The van der Waals surface area contributed by atoms with Gasteiger partial charge >= 0.3 is 5.97 Å². The highest BCUT2D eigenvalue weighted by molar-refractivity contribution is 5.99. The number of anilines is 1. The number of aliphatic carboxylic acids is 1.